The number of rotatable bonds is 4. The van der Waals surface area contributed by atoms with Crippen molar-refractivity contribution in [1.82, 2.24) is 0 Å². The van der Waals surface area contributed by atoms with Crippen molar-refractivity contribution in [1.29, 1.82) is 0 Å². The summed E-state index contributed by atoms with van der Waals surface area (Å²) in [6, 6.07) is -1.31. The Morgan fingerprint density at radius 2 is 2.00 bits per heavy atom. The molecule has 0 heterocycles. The van der Waals surface area contributed by atoms with Gasteiger partial charge in [0.05, 0.1) is 6.04 Å². The minimum atomic E-state index is -4.35. The molecule has 0 aromatic heterocycles. The first-order chi connectivity index (χ1) is 5.64. The predicted octanol–water partition coefficient (Wildman–Crippen LogP) is -3.15. The molecule has 3 N–H and O–H groups in total. The van der Waals surface area contributed by atoms with Crippen LogP contribution in [0.15, 0.2) is 12.7 Å². The molecular formula is C7H14NNaO4S. The molecule has 0 aromatic carbocycles. The van der Waals surface area contributed by atoms with E-state index in [1.807, 2.05) is 0 Å². The summed E-state index contributed by atoms with van der Waals surface area (Å²) in [5.41, 5.74) is 5.33. The smallest absolute Gasteiger partial charge is 1.00 e. The molecule has 7 heteroatoms. The van der Waals surface area contributed by atoms with Gasteiger partial charge in [-0.05, 0) is 19.9 Å². The maximum absolute atomic E-state index is 11.0. The minimum absolute atomic E-state index is 0. The maximum Gasteiger partial charge on any atom is 1.00 e. The zero-order chi connectivity index (χ0) is 10.9. The van der Waals surface area contributed by atoms with Crippen LogP contribution in [0, 0.1) is 0 Å². The molecule has 1 atom stereocenters. The molecule has 0 aliphatic carbocycles. The number of nitrogens with two attached hydrogens (primary N) is 1. The van der Waals surface area contributed by atoms with Crippen molar-refractivity contribution in [3.8, 4) is 0 Å². The normalized spacial score (nSPS) is 14.0. The van der Waals surface area contributed by atoms with Crippen molar-refractivity contribution in [2.24, 2.45) is 5.73 Å². The van der Waals surface area contributed by atoms with E-state index in [9.17, 15) is 13.2 Å². The minimum Gasteiger partial charge on any atom is -1.00 e. The fraction of sp³-hybridized carbons (Fsp3) is 0.571. The Kier molecular flexibility index (Phi) is 6.43. The number of carbonyl (C=O) groups is 1. The summed E-state index contributed by atoms with van der Waals surface area (Å²) in [5.74, 6) is -0.623. The van der Waals surface area contributed by atoms with Crippen molar-refractivity contribution < 1.29 is 48.7 Å². The largest absolute Gasteiger partial charge is 1.00 e. The molecule has 5 nitrogen and oxygen atoms in total. The molecule has 0 saturated carbocycles. The molecule has 0 radical (unpaired) electrons. The number of hydrogen-bond donors (Lipinski definition) is 2. The zero-order valence-corrected chi connectivity index (χ0v) is 11.3. The van der Waals surface area contributed by atoms with Gasteiger partial charge < -0.3 is 7.16 Å². The van der Waals surface area contributed by atoms with Gasteiger partial charge in [-0.2, -0.15) is 8.42 Å². The Morgan fingerprint density at radius 1 is 1.64 bits per heavy atom. The van der Waals surface area contributed by atoms with Crippen LogP contribution in [0.1, 0.15) is 15.3 Å². The molecule has 14 heavy (non-hydrogen) atoms. The molecule has 0 saturated heterocycles. The Bertz CT molecular complexity index is 328. The molecule has 78 valence electrons. The van der Waals surface area contributed by atoms with Crippen molar-refractivity contribution in [2.75, 3.05) is 0 Å². The molecule has 0 aliphatic heterocycles. The van der Waals surface area contributed by atoms with Gasteiger partial charge in [-0.25, -0.2) is 0 Å². The molecule has 1 unspecified atom stereocenters. The molecule has 0 rings (SSSR count). The van der Waals surface area contributed by atoms with Crippen LogP contribution in [0.2, 0.25) is 0 Å². The molecule has 0 spiro atoms. The quantitative estimate of drug-likeness (QED) is 0.302. The summed E-state index contributed by atoms with van der Waals surface area (Å²) < 4.78 is 28.7. The average Bonchev–Trinajstić information content (AvgIpc) is 1.99. The SMILES string of the molecule is C=CC(=O)C(N)C(C)(C)S(=O)(=O)O.[H-].[Na+]. The Hall–Kier alpha value is 0.280. The summed E-state index contributed by atoms with van der Waals surface area (Å²) in [4.78, 5) is 11.0. The monoisotopic (exact) mass is 231 g/mol. The van der Waals surface area contributed by atoms with Gasteiger partial charge in [0.25, 0.3) is 10.1 Å². The van der Waals surface area contributed by atoms with E-state index in [1.54, 1.807) is 0 Å². The van der Waals surface area contributed by atoms with E-state index >= 15 is 0 Å². The third-order valence-corrected chi connectivity index (χ3v) is 3.51. The van der Waals surface area contributed by atoms with Gasteiger partial charge in [0.2, 0.25) is 0 Å². The third-order valence-electron chi connectivity index (χ3n) is 1.92. The van der Waals surface area contributed by atoms with Crippen LogP contribution in [0.25, 0.3) is 0 Å². The van der Waals surface area contributed by atoms with E-state index in [4.69, 9.17) is 10.3 Å². The van der Waals surface area contributed by atoms with Gasteiger partial charge in [0, 0.05) is 0 Å². The summed E-state index contributed by atoms with van der Waals surface area (Å²) in [7, 11) is -4.35. The average molecular weight is 231 g/mol. The van der Waals surface area contributed by atoms with E-state index < -0.39 is 26.7 Å². The zero-order valence-electron chi connectivity index (χ0n) is 9.52. The number of carbonyl (C=O) groups excluding carboxylic acids is 1. The van der Waals surface area contributed by atoms with Crippen LogP contribution >= 0.6 is 0 Å². The molecule has 0 bridgehead atoms. The van der Waals surface area contributed by atoms with Crippen LogP contribution < -0.4 is 35.3 Å². The molecule has 0 fully saturated rings. The molecule has 0 aliphatic rings. The fourth-order valence-corrected chi connectivity index (χ4v) is 1.07. The van der Waals surface area contributed by atoms with Crippen LogP contribution in [-0.2, 0) is 14.9 Å². The van der Waals surface area contributed by atoms with E-state index in [1.165, 1.54) is 13.8 Å². The molecule has 0 aromatic rings. The van der Waals surface area contributed by atoms with Gasteiger partial charge in [-0.1, -0.05) is 6.58 Å². The van der Waals surface area contributed by atoms with Crippen LogP contribution in [0.5, 0.6) is 0 Å². The fourth-order valence-electron chi connectivity index (χ4n) is 0.630. The van der Waals surface area contributed by atoms with Crippen molar-refractivity contribution in [2.45, 2.75) is 24.6 Å². The molecular weight excluding hydrogens is 217 g/mol. The number of ketones is 1. The second-order valence-electron chi connectivity index (χ2n) is 3.16. The Balaban J connectivity index is -0.000000720. The Morgan fingerprint density at radius 3 is 2.21 bits per heavy atom. The van der Waals surface area contributed by atoms with Crippen LogP contribution in [0.3, 0.4) is 0 Å². The van der Waals surface area contributed by atoms with Gasteiger partial charge in [-0.15, -0.1) is 0 Å². The summed E-state index contributed by atoms with van der Waals surface area (Å²) >= 11 is 0. The van der Waals surface area contributed by atoms with Gasteiger partial charge >= 0.3 is 29.6 Å². The van der Waals surface area contributed by atoms with E-state index in [2.05, 4.69) is 6.58 Å². The van der Waals surface area contributed by atoms with E-state index in [0.29, 0.717) is 0 Å². The van der Waals surface area contributed by atoms with Gasteiger partial charge in [0.1, 0.15) is 4.75 Å². The van der Waals surface area contributed by atoms with E-state index in [-0.39, 0.29) is 31.0 Å². The first kappa shape index (κ1) is 16.7. The van der Waals surface area contributed by atoms with Crippen molar-refractivity contribution >= 4 is 15.9 Å². The topological polar surface area (TPSA) is 97.5 Å². The van der Waals surface area contributed by atoms with Crippen molar-refractivity contribution in [3.05, 3.63) is 12.7 Å². The third kappa shape index (κ3) is 3.45. The second kappa shape index (κ2) is 5.39. The predicted molar refractivity (Wildman–Crippen MR) is 49.9 cm³/mol. The first-order valence-electron chi connectivity index (χ1n) is 3.53. The Labute approximate surface area is 107 Å². The van der Waals surface area contributed by atoms with Crippen molar-refractivity contribution in [3.63, 3.8) is 0 Å². The maximum atomic E-state index is 11.0. The van der Waals surface area contributed by atoms with Crippen LogP contribution in [-0.4, -0.2) is 29.5 Å². The standard InChI is InChI=1S/C7H13NO4S.Na.H/c1-4-5(9)6(8)7(2,3)13(10,11)12;;/h4,6H,1,8H2,2-3H3,(H,10,11,12);;/q;+1;-1. The number of hydrogen-bond acceptors (Lipinski definition) is 4. The second-order valence-corrected chi connectivity index (χ2v) is 5.17. The molecule has 0 amide bonds. The summed E-state index contributed by atoms with van der Waals surface area (Å²) in [6.07, 6.45) is 0.928. The van der Waals surface area contributed by atoms with Gasteiger partial charge in [0.15, 0.2) is 5.78 Å². The summed E-state index contributed by atoms with van der Waals surface area (Å²) in [6.45, 7) is 5.52. The first-order valence-corrected chi connectivity index (χ1v) is 4.97. The van der Waals surface area contributed by atoms with E-state index in [0.717, 1.165) is 6.08 Å². The van der Waals surface area contributed by atoms with Gasteiger partial charge in [-0.3, -0.25) is 9.35 Å². The summed E-state index contributed by atoms with van der Waals surface area (Å²) in [5, 5.41) is 0. The van der Waals surface area contributed by atoms with Crippen LogP contribution in [0.4, 0.5) is 0 Å².